The Morgan fingerprint density at radius 3 is 2.72 bits per heavy atom. The molecule has 0 saturated carbocycles. The minimum absolute atomic E-state index is 0.0628. The summed E-state index contributed by atoms with van der Waals surface area (Å²) in [6.45, 7) is 2.70. The smallest absolute Gasteiger partial charge is 0.264 e. The van der Waals surface area contributed by atoms with Gasteiger partial charge in [0.1, 0.15) is 17.5 Å². The van der Waals surface area contributed by atoms with Gasteiger partial charge in [-0.15, -0.1) is 0 Å². The Kier molecular flexibility index (Phi) is 4.92. The number of rotatable bonds is 7. The molecule has 25 heavy (non-hydrogen) atoms. The topological polar surface area (TPSA) is 79.0 Å². The van der Waals surface area contributed by atoms with Crippen LogP contribution < -0.4 is 10.3 Å². The van der Waals surface area contributed by atoms with E-state index in [2.05, 4.69) is 17.0 Å². The van der Waals surface area contributed by atoms with Crippen molar-refractivity contribution in [1.82, 2.24) is 19.3 Å². The predicted octanol–water partition coefficient (Wildman–Crippen LogP) is 2.19. The zero-order valence-corrected chi connectivity index (χ0v) is 14.3. The first-order chi connectivity index (χ1) is 12.1. The van der Waals surface area contributed by atoms with E-state index in [1.54, 1.807) is 31.3 Å². The van der Waals surface area contributed by atoms with E-state index in [1.165, 1.54) is 21.8 Å². The van der Waals surface area contributed by atoms with Crippen LogP contribution in [0.25, 0.3) is 11.0 Å². The van der Waals surface area contributed by atoms with Crippen LogP contribution in [-0.4, -0.2) is 31.7 Å². The molecule has 7 nitrogen and oxygen atoms in total. The lowest BCUT2D eigenvalue weighted by Gasteiger charge is -2.07. The molecule has 0 unspecified atom stereocenters. The molecule has 0 saturated heterocycles. The van der Waals surface area contributed by atoms with Crippen molar-refractivity contribution in [3.05, 3.63) is 52.7 Å². The number of benzene rings is 1. The van der Waals surface area contributed by atoms with Gasteiger partial charge in [0.25, 0.3) is 5.56 Å². The molecule has 1 aromatic carbocycles. The van der Waals surface area contributed by atoms with Crippen molar-refractivity contribution >= 4 is 16.8 Å². The van der Waals surface area contributed by atoms with Gasteiger partial charge in [-0.3, -0.25) is 18.8 Å². The standard InChI is InChI=1S/C18H20N4O3/c1-3-4-9-25-14-7-5-13(6-8-14)16(23)11-22-12-19-17-15(18(22)24)10-20-21(17)2/h5-8,10,12H,3-4,9,11H2,1-2H3. The third kappa shape index (κ3) is 3.60. The zero-order valence-electron chi connectivity index (χ0n) is 14.3. The lowest BCUT2D eigenvalue weighted by atomic mass is 10.1. The van der Waals surface area contributed by atoms with Crippen molar-refractivity contribution in [2.24, 2.45) is 7.05 Å². The minimum Gasteiger partial charge on any atom is -0.494 e. The van der Waals surface area contributed by atoms with E-state index in [0.29, 0.717) is 23.2 Å². The van der Waals surface area contributed by atoms with Crippen LogP contribution in [-0.2, 0) is 13.6 Å². The average Bonchev–Trinajstić information content (AvgIpc) is 3.00. The Bertz CT molecular complexity index is 941. The normalized spacial score (nSPS) is 11.0. The average molecular weight is 340 g/mol. The third-order valence-electron chi connectivity index (χ3n) is 3.98. The number of hydrogen-bond acceptors (Lipinski definition) is 5. The highest BCUT2D eigenvalue weighted by molar-refractivity contribution is 5.96. The second-order valence-corrected chi connectivity index (χ2v) is 5.83. The monoisotopic (exact) mass is 340 g/mol. The first-order valence-electron chi connectivity index (χ1n) is 8.23. The summed E-state index contributed by atoms with van der Waals surface area (Å²) in [5, 5.41) is 4.42. The van der Waals surface area contributed by atoms with Gasteiger partial charge in [0.05, 0.1) is 19.3 Å². The number of Topliss-reactive ketones (excluding diaryl/α,β-unsaturated/α-hetero) is 1. The number of unbranched alkanes of at least 4 members (excludes halogenated alkanes) is 1. The Labute approximate surface area is 144 Å². The van der Waals surface area contributed by atoms with Crippen molar-refractivity contribution in [2.75, 3.05) is 6.61 Å². The Morgan fingerprint density at radius 1 is 1.24 bits per heavy atom. The van der Waals surface area contributed by atoms with E-state index in [4.69, 9.17) is 4.74 Å². The van der Waals surface area contributed by atoms with Crippen LogP contribution in [0, 0.1) is 0 Å². The van der Waals surface area contributed by atoms with Crippen LogP contribution in [0.4, 0.5) is 0 Å². The quantitative estimate of drug-likeness (QED) is 0.487. The first kappa shape index (κ1) is 16.9. The van der Waals surface area contributed by atoms with E-state index in [-0.39, 0.29) is 17.9 Å². The molecule has 0 fully saturated rings. The Hall–Kier alpha value is -2.96. The molecule has 0 aliphatic heterocycles. The largest absolute Gasteiger partial charge is 0.494 e. The molecule has 0 amide bonds. The second-order valence-electron chi connectivity index (χ2n) is 5.83. The maximum atomic E-state index is 12.4. The summed E-state index contributed by atoms with van der Waals surface area (Å²) in [4.78, 5) is 29.0. The number of aromatic nitrogens is 4. The van der Waals surface area contributed by atoms with E-state index in [0.717, 1.165) is 18.6 Å². The van der Waals surface area contributed by atoms with Crippen LogP contribution in [0.2, 0.25) is 0 Å². The first-order valence-corrected chi connectivity index (χ1v) is 8.23. The molecule has 0 radical (unpaired) electrons. The second kappa shape index (κ2) is 7.29. The van der Waals surface area contributed by atoms with E-state index >= 15 is 0 Å². The summed E-state index contributed by atoms with van der Waals surface area (Å²) in [6.07, 6.45) is 4.91. The summed E-state index contributed by atoms with van der Waals surface area (Å²) < 4.78 is 8.41. The van der Waals surface area contributed by atoms with E-state index < -0.39 is 0 Å². The number of aryl methyl sites for hydroxylation is 1. The molecule has 2 heterocycles. The van der Waals surface area contributed by atoms with Gasteiger partial charge in [-0.25, -0.2) is 4.98 Å². The van der Waals surface area contributed by atoms with E-state index in [9.17, 15) is 9.59 Å². The molecule has 0 spiro atoms. The summed E-state index contributed by atoms with van der Waals surface area (Å²) in [7, 11) is 1.72. The van der Waals surface area contributed by atoms with Gasteiger partial charge in [-0.2, -0.15) is 5.10 Å². The van der Waals surface area contributed by atoms with Crippen molar-refractivity contribution < 1.29 is 9.53 Å². The minimum atomic E-state index is -0.272. The molecule has 3 aromatic rings. The highest BCUT2D eigenvalue weighted by Gasteiger charge is 2.12. The van der Waals surface area contributed by atoms with Gasteiger partial charge in [0, 0.05) is 12.6 Å². The number of carbonyl (C=O) groups excluding carboxylic acids is 1. The van der Waals surface area contributed by atoms with Gasteiger partial charge in [0.15, 0.2) is 11.4 Å². The number of ketones is 1. The molecule has 0 aliphatic carbocycles. The fraction of sp³-hybridized carbons (Fsp3) is 0.333. The van der Waals surface area contributed by atoms with Crippen LogP contribution in [0.5, 0.6) is 5.75 Å². The third-order valence-corrected chi connectivity index (χ3v) is 3.98. The van der Waals surface area contributed by atoms with Crippen molar-refractivity contribution in [1.29, 1.82) is 0 Å². The summed E-state index contributed by atoms with van der Waals surface area (Å²) >= 11 is 0. The lowest BCUT2D eigenvalue weighted by Crippen LogP contribution is -2.24. The molecule has 0 N–H and O–H groups in total. The predicted molar refractivity (Wildman–Crippen MR) is 93.9 cm³/mol. The summed E-state index contributed by atoms with van der Waals surface area (Å²) in [6, 6.07) is 6.97. The Balaban J connectivity index is 1.74. The van der Waals surface area contributed by atoms with Gasteiger partial charge < -0.3 is 4.74 Å². The molecule has 0 aliphatic rings. The van der Waals surface area contributed by atoms with Gasteiger partial charge in [-0.1, -0.05) is 13.3 Å². The fourth-order valence-electron chi connectivity index (χ4n) is 2.50. The fourth-order valence-corrected chi connectivity index (χ4v) is 2.50. The molecule has 3 rings (SSSR count). The number of fused-ring (bicyclic) bond motifs is 1. The van der Waals surface area contributed by atoms with E-state index in [1.807, 2.05) is 0 Å². The highest BCUT2D eigenvalue weighted by Crippen LogP contribution is 2.14. The van der Waals surface area contributed by atoms with Gasteiger partial charge in [0.2, 0.25) is 0 Å². The summed E-state index contributed by atoms with van der Waals surface area (Å²) in [5.74, 6) is 0.577. The van der Waals surface area contributed by atoms with Crippen LogP contribution in [0.1, 0.15) is 30.1 Å². The maximum Gasteiger partial charge on any atom is 0.264 e. The molecule has 0 bridgehead atoms. The van der Waals surface area contributed by atoms with Crippen LogP contribution in [0.3, 0.4) is 0 Å². The Morgan fingerprint density at radius 2 is 2.00 bits per heavy atom. The van der Waals surface area contributed by atoms with Gasteiger partial charge in [-0.05, 0) is 30.7 Å². The number of hydrogen-bond donors (Lipinski definition) is 0. The van der Waals surface area contributed by atoms with Gasteiger partial charge >= 0.3 is 0 Å². The van der Waals surface area contributed by atoms with Crippen molar-refractivity contribution in [2.45, 2.75) is 26.3 Å². The van der Waals surface area contributed by atoms with Crippen molar-refractivity contribution in [3.8, 4) is 5.75 Å². The maximum absolute atomic E-state index is 12.4. The van der Waals surface area contributed by atoms with Crippen LogP contribution >= 0.6 is 0 Å². The van der Waals surface area contributed by atoms with Crippen molar-refractivity contribution in [3.63, 3.8) is 0 Å². The lowest BCUT2D eigenvalue weighted by molar-refractivity contribution is 0.0970. The SMILES string of the molecule is CCCCOc1ccc(C(=O)Cn2cnc3c(cnn3C)c2=O)cc1. The molecular weight excluding hydrogens is 320 g/mol. The molecular formula is C18H20N4O3. The number of nitrogens with zero attached hydrogens (tertiary/aromatic N) is 4. The highest BCUT2D eigenvalue weighted by atomic mass is 16.5. The number of ether oxygens (including phenoxy) is 1. The summed E-state index contributed by atoms with van der Waals surface area (Å²) in [5.41, 5.74) is 0.759. The van der Waals surface area contributed by atoms with Crippen LogP contribution in [0.15, 0.2) is 41.6 Å². The molecule has 130 valence electrons. The molecule has 7 heteroatoms. The molecule has 0 atom stereocenters. The zero-order chi connectivity index (χ0) is 17.8. The number of carbonyl (C=O) groups is 1. The molecule has 2 aromatic heterocycles.